The topological polar surface area (TPSA) is 39.7 Å². The van der Waals surface area contributed by atoms with Crippen LogP contribution in [-0.2, 0) is 9.31 Å². The van der Waals surface area contributed by atoms with Crippen LogP contribution in [-0.4, -0.2) is 26.8 Å². The Bertz CT molecular complexity index is 593. The van der Waals surface area contributed by atoms with E-state index in [0.29, 0.717) is 0 Å². The summed E-state index contributed by atoms with van der Waals surface area (Å²) in [5.74, 6) is 1.87. The van der Waals surface area contributed by atoms with Crippen molar-refractivity contribution >= 4 is 25.1 Å². The highest BCUT2D eigenvalue weighted by molar-refractivity contribution is 8.03. The lowest BCUT2D eigenvalue weighted by Crippen LogP contribution is -2.33. The highest BCUT2D eigenvalue weighted by Crippen LogP contribution is 2.37. The standard InChI is InChI=1S/C11H9NOS.C5H10BO2/c1-2-4-9-8(3-1)11-10(5-6-13-9)14-7-12-11;1-5(2)3-7-6-8-4-5/h1-6,12H,7H2;3-4H2,1-2H3. The fraction of sp³-hybridized carbons (Fsp3) is 0.375. The molecule has 0 aromatic heterocycles. The van der Waals surface area contributed by atoms with Crippen LogP contribution in [0.2, 0.25) is 0 Å². The summed E-state index contributed by atoms with van der Waals surface area (Å²) in [6.45, 7) is 5.76. The van der Waals surface area contributed by atoms with E-state index >= 15 is 0 Å². The van der Waals surface area contributed by atoms with E-state index in [9.17, 15) is 0 Å². The lowest BCUT2D eigenvalue weighted by atomic mass is 9.94. The molecule has 1 aromatic carbocycles. The van der Waals surface area contributed by atoms with Gasteiger partial charge in [-0.2, -0.15) is 0 Å². The Balaban J connectivity index is 0.000000154. The molecule has 0 amide bonds. The first-order valence-corrected chi connectivity index (χ1v) is 8.23. The van der Waals surface area contributed by atoms with E-state index in [-0.39, 0.29) is 5.41 Å². The number of allylic oxidation sites excluding steroid dienone is 1. The van der Waals surface area contributed by atoms with Gasteiger partial charge in [-0.1, -0.05) is 26.0 Å². The summed E-state index contributed by atoms with van der Waals surface area (Å²) in [7, 11) is 1.41. The van der Waals surface area contributed by atoms with Gasteiger partial charge < -0.3 is 19.4 Å². The molecule has 1 fully saturated rings. The third-order valence-electron chi connectivity index (χ3n) is 3.38. The van der Waals surface area contributed by atoms with E-state index in [1.54, 1.807) is 18.0 Å². The van der Waals surface area contributed by atoms with Gasteiger partial charge >= 0.3 is 7.69 Å². The molecule has 0 spiro atoms. The Morgan fingerprint density at radius 3 is 2.68 bits per heavy atom. The zero-order valence-corrected chi connectivity index (χ0v) is 13.6. The summed E-state index contributed by atoms with van der Waals surface area (Å²) in [6.07, 6.45) is 3.77. The molecule has 3 aliphatic rings. The lowest BCUT2D eigenvalue weighted by molar-refractivity contribution is 0.0431. The predicted octanol–water partition coefficient (Wildman–Crippen LogP) is 3.15. The quantitative estimate of drug-likeness (QED) is 0.745. The van der Waals surface area contributed by atoms with Gasteiger partial charge in [0, 0.05) is 29.1 Å². The molecule has 4 rings (SSSR count). The molecule has 4 nitrogen and oxygen atoms in total. The average Bonchev–Trinajstić information content (AvgIpc) is 2.90. The minimum atomic E-state index is 0.203. The number of thioether (sulfide) groups is 1. The maximum Gasteiger partial charge on any atom is 0.488 e. The molecule has 0 unspecified atom stereocenters. The highest BCUT2D eigenvalue weighted by Gasteiger charge is 2.22. The normalized spacial score (nSPS) is 21.2. The Morgan fingerprint density at radius 2 is 1.95 bits per heavy atom. The summed E-state index contributed by atoms with van der Waals surface area (Å²) in [6, 6.07) is 8.08. The third kappa shape index (κ3) is 3.69. The number of fused-ring (bicyclic) bond motifs is 2. The van der Waals surface area contributed by atoms with Gasteiger partial charge in [-0.3, -0.25) is 0 Å². The second-order valence-corrected chi connectivity index (χ2v) is 7.02. The second-order valence-electron chi connectivity index (χ2n) is 6.00. The molecule has 0 aliphatic carbocycles. The molecular weight excluding hydrogens is 297 g/mol. The van der Waals surface area contributed by atoms with E-state index in [4.69, 9.17) is 14.0 Å². The molecule has 0 saturated carbocycles. The number of hydrogen-bond donors (Lipinski definition) is 1. The van der Waals surface area contributed by atoms with Crippen molar-refractivity contribution in [2.75, 3.05) is 19.1 Å². The van der Waals surface area contributed by atoms with Gasteiger partial charge in [0.15, 0.2) is 0 Å². The predicted molar refractivity (Wildman–Crippen MR) is 90.2 cm³/mol. The molecule has 0 bridgehead atoms. The Morgan fingerprint density at radius 1 is 1.18 bits per heavy atom. The van der Waals surface area contributed by atoms with Gasteiger partial charge in [0.1, 0.15) is 5.75 Å². The molecular formula is C16H19BNO3S. The van der Waals surface area contributed by atoms with Gasteiger partial charge in [-0.05, 0) is 18.2 Å². The van der Waals surface area contributed by atoms with Crippen molar-refractivity contribution in [3.05, 3.63) is 47.1 Å². The van der Waals surface area contributed by atoms with E-state index in [0.717, 1.165) is 30.4 Å². The number of rotatable bonds is 0. The number of ether oxygens (including phenoxy) is 1. The summed E-state index contributed by atoms with van der Waals surface area (Å²) in [5, 5.41) is 3.37. The number of nitrogens with one attached hydrogen (secondary N) is 1. The van der Waals surface area contributed by atoms with Crippen molar-refractivity contribution < 1.29 is 14.0 Å². The average molecular weight is 316 g/mol. The minimum absolute atomic E-state index is 0.203. The SMILES string of the molecule is C1=CC2=C(NCS2)c2ccccc2O1.CC1(C)CO[B]OC1. The first-order valence-electron chi connectivity index (χ1n) is 7.24. The zero-order valence-electron chi connectivity index (χ0n) is 12.8. The smallest absolute Gasteiger partial charge is 0.464 e. The summed E-state index contributed by atoms with van der Waals surface area (Å²) >= 11 is 1.80. The van der Waals surface area contributed by atoms with Gasteiger partial charge in [0.25, 0.3) is 0 Å². The largest absolute Gasteiger partial charge is 0.488 e. The van der Waals surface area contributed by atoms with Crippen LogP contribution < -0.4 is 10.1 Å². The van der Waals surface area contributed by atoms with Crippen LogP contribution in [0.15, 0.2) is 41.5 Å². The first kappa shape index (κ1) is 15.5. The molecule has 0 atom stereocenters. The lowest BCUT2D eigenvalue weighted by Gasteiger charge is -2.28. The zero-order chi connectivity index (χ0) is 15.4. The molecule has 1 N–H and O–H groups in total. The van der Waals surface area contributed by atoms with Crippen molar-refractivity contribution in [2.45, 2.75) is 13.8 Å². The summed E-state index contributed by atoms with van der Waals surface area (Å²) in [4.78, 5) is 1.26. The molecule has 1 aromatic rings. The van der Waals surface area contributed by atoms with E-state index < -0.39 is 0 Å². The summed E-state index contributed by atoms with van der Waals surface area (Å²) in [5.41, 5.74) is 2.55. The van der Waals surface area contributed by atoms with Gasteiger partial charge in [0.2, 0.25) is 0 Å². The minimum Gasteiger partial charge on any atom is -0.464 e. The fourth-order valence-corrected chi connectivity index (χ4v) is 3.11. The Kier molecular flexibility index (Phi) is 4.81. The van der Waals surface area contributed by atoms with Crippen molar-refractivity contribution in [3.63, 3.8) is 0 Å². The van der Waals surface area contributed by atoms with Gasteiger partial charge in [-0.15, -0.1) is 11.8 Å². The van der Waals surface area contributed by atoms with Crippen molar-refractivity contribution in [1.29, 1.82) is 0 Å². The second kappa shape index (κ2) is 6.81. The first-order chi connectivity index (χ1) is 10.7. The van der Waals surface area contributed by atoms with Gasteiger partial charge in [-0.25, -0.2) is 0 Å². The van der Waals surface area contributed by atoms with Crippen molar-refractivity contribution in [3.8, 4) is 5.75 Å². The molecule has 1 radical (unpaired) electrons. The molecule has 6 heteroatoms. The molecule has 3 aliphatic heterocycles. The molecule has 22 heavy (non-hydrogen) atoms. The van der Waals surface area contributed by atoms with E-state index in [1.807, 2.05) is 24.3 Å². The highest BCUT2D eigenvalue weighted by atomic mass is 32.2. The van der Waals surface area contributed by atoms with Crippen LogP contribution in [0.3, 0.4) is 0 Å². The monoisotopic (exact) mass is 316 g/mol. The van der Waals surface area contributed by atoms with Crippen molar-refractivity contribution in [2.24, 2.45) is 5.41 Å². The van der Waals surface area contributed by atoms with Crippen LogP contribution in [0.1, 0.15) is 19.4 Å². The maximum absolute atomic E-state index is 5.51. The number of benzene rings is 1. The van der Waals surface area contributed by atoms with Crippen LogP contribution in [0.25, 0.3) is 5.70 Å². The van der Waals surface area contributed by atoms with Crippen molar-refractivity contribution in [1.82, 2.24) is 5.32 Å². The number of para-hydroxylation sites is 1. The van der Waals surface area contributed by atoms with E-state index in [1.165, 1.54) is 18.3 Å². The van der Waals surface area contributed by atoms with Crippen LogP contribution in [0, 0.1) is 5.41 Å². The third-order valence-corrected chi connectivity index (χ3v) is 4.32. The van der Waals surface area contributed by atoms with Crippen LogP contribution in [0.5, 0.6) is 5.75 Å². The Labute approximate surface area is 136 Å². The fourth-order valence-electron chi connectivity index (χ4n) is 2.26. The van der Waals surface area contributed by atoms with Crippen LogP contribution in [0.4, 0.5) is 0 Å². The van der Waals surface area contributed by atoms with Gasteiger partial charge in [0.05, 0.1) is 17.8 Å². The van der Waals surface area contributed by atoms with E-state index in [2.05, 4.69) is 25.2 Å². The maximum atomic E-state index is 5.51. The van der Waals surface area contributed by atoms with Crippen LogP contribution >= 0.6 is 11.8 Å². The summed E-state index contributed by atoms with van der Waals surface area (Å²) < 4.78 is 15.4. The molecule has 3 heterocycles. The Hall–Kier alpha value is -1.37. The molecule has 1 saturated heterocycles. The number of hydrogen-bond acceptors (Lipinski definition) is 5. The molecule has 115 valence electrons.